The van der Waals surface area contributed by atoms with Crippen molar-refractivity contribution in [2.24, 2.45) is 0 Å². The molecule has 0 radical (unpaired) electrons. The van der Waals surface area contributed by atoms with E-state index in [1.165, 1.54) is 18.8 Å². The van der Waals surface area contributed by atoms with Gasteiger partial charge in [-0.3, -0.25) is 0 Å². The highest BCUT2D eigenvalue weighted by Gasteiger charge is 1.98. The highest BCUT2D eigenvalue weighted by atomic mass is 16.5. The standard InChI is InChI=1S/C10H12O2/c1-12-10(11)8-7-9-5-3-2-4-6-9/h2-3,8H,4-6H2,1H3. The summed E-state index contributed by atoms with van der Waals surface area (Å²) in [4.78, 5) is 10.7. The molecule has 0 heterocycles. The van der Waals surface area contributed by atoms with E-state index >= 15 is 0 Å². The third-order valence-corrected chi connectivity index (χ3v) is 1.74. The molecule has 0 N–H and O–H groups in total. The lowest BCUT2D eigenvalue weighted by atomic mass is 10.0. The van der Waals surface area contributed by atoms with Gasteiger partial charge in [-0.1, -0.05) is 12.2 Å². The van der Waals surface area contributed by atoms with Gasteiger partial charge < -0.3 is 4.74 Å². The Morgan fingerprint density at radius 3 is 3.08 bits per heavy atom. The molecule has 0 bridgehead atoms. The zero-order valence-corrected chi connectivity index (χ0v) is 7.17. The van der Waals surface area contributed by atoms with Crippen molar-refractivity contribution in [2.45, 2.75) is 19.3 Å². The number of ether oxygens (including phenoxy) is 1. The molecule has 1 aliphatic carbocycles. The number of esters is 1. The summed E-state index contributed by atoms with van der Waals surface area (Å²) in [5, 5.41) is 0. The average molecular weight is 164 g/mol. The van der Waals surface area contributed by atoms with Crippen LogP contribution in [0.15, 0.2) is 29.5 Å². The predicted octanol–water partition coefficient (Wildman–Crippen LogP) is 1.98. The molecule has 0 saturated carbocycles. The lowest BCUT2D eigenvalue weighted by Gasteiger charge is -2.03. The number of allylic oxidation sites excluding steroid dienone is 2. The quantitative estimate of drug-likeness (QED) is 0.256. The second-order valence-corrected chi connectivity index (χ2v) is 2.63. The number of rotatable bonds is 1. The van der Waals surface area contributed by atoms with Crippen LogP contribution < -0.4 is 0 Å². The van der Waals surface area contributed by atoms with Gasteiger partial charge in [0.1, 0.15) is 0 Å². The van der Waals surface area contributed by atoms with Crippen LogP contribution in [0.2, 0.25) is 0 Å². The van der Waals surface area contributed by atoms with Crippen LogP contribution in [0, 0.1) is 0 Å². The van der Waals surface area contributed by atoms with E-state index in [9.17, 15) is 4.79 Å². The lowest BCUT2D eigenvalue weighted by molar-refractivity contribution is -0.134. The van der Waals surface area contributed by atoms with Crippen LogP contribution in [0.5, 0.6) is 0 Å². The Kier molecular flexibility index (Phi) is 3.36. The molecule has 0 amide bonds. The predicted molar refractivity (Wildman–Crippen MR) is 46.6 cm³/mol. The fourth-order valence-corrected chi connectivity index (χ4v) is 1.05. The number of carbonyl (C=O) groups is 1. The molecule has 1 aliphatic rings. The molecule has 0 fully saturated rings. The number of hydrogen-bond donors (Lipinski definition) is 0. The summed E-state index contributed by atoms with van der Waals surface area (Å²) in [6, 6.07) is 0. The molecule has 0 aromatic carbocycles. The highest BCUT2D eigenvalue weighted by Crippen LogP contribution is 2.14. The van der Waals surface area contributed by atoms with Gasteiger partial charge in [-0.05, 0) is 24.8 Å². The molecule has 64 valence electrons. The number of carbonyl (C=O) groups excluding carboxylic acids is 1. The van der Waals surface area contributed by atoms with Gasteiger partial charge in [0.05, 0.1) is 13.2 Å². The summed E-state index contributed by atoms with van der Waals surface area (Å²) >= 11 is 0. The molecule has 1 rings (SSSR count). The molecule has 0 atom stereocenters. The van der Waals surface area contributed by atoms with Gasteiger partial charge in [0.2, 0.25) is 0 Å². The Morgan fingerprint density at radius 2 is 2.50 bits per heavy atom. The third kappa shape index (κ3) is 2.77. The first-order chi connectivity index (χ1) is 5.83. The minimum absolute atomic E-state index is 0.336. The zero-order valence-electron chi connectivity index (χ0n) is 7.17. The van der Waals surface area contributed by atoms with Crippen LogP contribution in [0.25, 0.3) is 0 Å². The molecule has 0 saturated heterocycles. The van der Waals surface area contributed by atoms with Gasteiger partial charge in [-0.2, -0.15) is 0 Å². The maximum Gasteiger partial charge on any atom is 0.338 e. The van der Waals surface area contributed by atoms with E-state index in [1.807, 2.05) is 0 Å². The van der Waals surface area contributed by atoms with Crippen LogP contribution >= 0.6 is 0 Å². The minimum Gasteiger partial charge on any atom is -0.465 e. The third-order valence-electron chi connectivity index (χ3n) is 1.74. The first-order valence-corrected chi connectivity index (χ1v) is 4.00. The molecule has 0 spiro atoms. The van der Waals surface area contributed by atoms with Crippen LogP contribution in [-0.2, 0) is 9.53 Å². The van der Waals surface area contributed by atoms with Gasteiger partial charge in [0.15, 0.2) is 0 Å². The van der Waals surface area contributed by atoms with Crippen molar-refractivity contribution in [1.82, 2.24) is 0 Å². The Bertz CT molecular complexity index is 255. The molecule has 12 heavy (non-hydrogen) atoms. The largest absolute Gasteiger partial charge is 0.465 e. The molecular weight excluding hydrogens is 152 g/mol. The highest BCUT2D eigenvalue weighted by molar-refractivity contribution is 5.81. The van der Waals surface area contributed by atoms with Crippen molar-refractivity contribution in [3.8, 4) is 0 Å². The van der Waals surface area contributed by atoms with Gasteiger partial charge >= 0.3 is 5.97 Å². The van der Waals surface area contributed by atoms with E-state index in [0.717, 1.165) is 19.3 Å². The Labute approximate surface area is 72.2 Å². The first-order valence-electron chi connectivity index (χ1n) is 4.00. The summed E-state index contributed by atoms with van der Waals surface area (Å²) in [5.74, 6) is -0.336. The fourth-order valence-electron chi connectivity index (χ4n) is 1.05. The van der Waals surface area contributed by atoms with Crippen molar-refractivity contribution in [1.29, 1.82) is 0 Å². The molecular formula is C10H12O2. The van der Waals surface area contributed by atoms with Gasteiger partial charge in [0.25, 0.3) is 0 Å². The molecule has 0 aromatic heterocycles. The van der Waals surface area contributed by atoms with E-state index in [2.05, 4.69) is 22.6 Å². The van der Waals surface area contributed by atoms with E-state index in [-0.39, 0.29) is 5.97 Å². The number of methoxy groups -OCH3 is 1. The first kappa shape index (κ1) is 8.82. The second kappa shape index (κ2) is 4.58. The van der Waals surface area contributed by atoms with Crippen LogP contribution in [-0.4, -0.2) is 13.1 Å². The Morgan fingerprint density at radius 1 is 1.67 bits per heavy atom. The number of hydrogen-bond acceptors (Lipinski definition) is 2. The normalized spacial score (nSPS) is 15.2. The molecule has 0 aromatic rings. The van der Waals surface area contributed by atoms with Crippen molar-refractivity contribution >= 4 is 5.97 Å². The van der Waals surface area contributed by atoms with Crippen LogP contribution in [0.4, 0.5) is 0 Å². The topological polar surface area (TPSA) is 26.3 Å². The summed E-state index contributed by atoms with van der Waals surface area (Å²) in [7, 11) is 1.37. The van der Waals surface area contributed by atoms with E-state index < -0.39 is 0 Å². The van der Waals surface area contributed by atoms with E-state index in [0.29, 0.717) is 0 Å². The second-order valence-electron chi connectivity index (χ2n) is 2.63. The molecule has 0 unspecified atom stereocenters. The van der Waals surface area contributed by atoms with Crippen LogP contribution in [0.3, 0.4) is 0 Å². The fraction of sp³-hybridized carbons (Fsp3) is 0.400. The Hall–Kier alpha value is -1.27. The average Bonchev–Trinajstić information content (AvgIpc) is 2.16. The summed E-state index contributed by atoms with van der Waals surface area (Å²) in [6.45, 7) is 0. The van der Waals surface area contributed by atoms with E-state index in [4.69, 9.17) is 0 Å². The lowest BCUT2D eigenvalue weighted by Crippen LogP contribution is -1.93. The van der Waals surface area contributed by atoms with Crippen molar-refractivity contribution in [2.75, 3.05) is 7.11 Å². The van der Waals surface area contributed by atoms with Crippen molar-refractivity contribution in [3.63, 3.8) is 0 Å². The minimum atomic E-state index is -0.336. The SMILES string of the molecule is COC(=O)C=C=C1CC=CCC1. The zero-order chi connectivity index (χ0) is 8.81. The van der Waals surface area contributed by atoms with Gasteiger partial charge in [-0.25, -0.2) is 4.79 Å². The maximum absolute atomic E-state index is 10.7. The molecule has 2 heteroatoms. The van der Waals surface area contributed by atoms with E-state index in [1.54, 1.807) is 0 Å². The van der Waals surface area contributed by atoms with Crippen LogP contribution in [0.1, 0.15) is 19.3 Å². The summed E-state index contributed by atoms with van der Waals surface area (Å²) in [5.41, 5.74) is 4.11. The van der Waals surface area contributed by atoms with Gasteiger partial charge in [-0.15, -0.1) is 5.73 Å². The van der Waals surface area contributed by atoms with Crippen molar-refractivity contribution in [3.05, 3.63) is 29.5 Å². The Balaban J connectivity index is 2.61. The monoisotopic (exact) mass is 164 g/mol. The molecule has 2 nitrogen and oxygen atoms in total. The summed E-state index contributed by atoms with van der Waals surface area (Å²) < 4.78 is 4.45. The summed E-state index contributed by atoms with van der Waals surface area (Å²) in [6.07, 6.45) is 8.56. The van der Waals surface area contributed by atoms with Gasteiger partial charge in [0, 0.05) is 0 Å². The molecule has 0 aliphatic heterocycles. The van der Waals surface area contributed by atoms with Crippen molar-refractivity contribution < 1.29 is 9.53 Å². The maximum atomic E-state index is 10.7. The smallest absolute Gasteiger partial charge is 0.338 e.